The summed E-state index contributed by atoms with van der Waals surface area (Å²) in [6.07, 6.45) is 1.91. The minimum atomic E-state index is -0.151. The Labute approximate surface area is 218 Å². The van der Waals surface area contributed by atoms with Crippen molar-refractivity contribution in [2.75, 3.05) is 17.6 Å². The van der Waals surface area contributed by atoms with Gasteiger partial charge in [-0.25, -0.2) is 9.78 Å². The molecule has 0 saturated heterocycles. The molecule has 0 atom stereocenters. The Kier molecular flexibility index (Phi) is 8.85. The molecule has 0 aliphatic rings. The zero-order valence-corrected chi connectivity index (χ0v) is 22.1. The van der Waals surface area contributed by atoms with E-state index in [4.69, 9.17) is 4.98 Å². The van der Waals surface area contributed by atoms with Crippen molar-refractivity contribution in [2.45, 2.75) is 45.3 Å². The molecular weight excluding hydrogens is 464 g/mol. The first-order valence-electron chi connectivity index (χ1n) is 12.5. The Morgan fingerprint density at radius 3 is 2.14 bits per heavy atom. The lowest BCUT2D eigenvalue weighted by Gasteiger charge is -2.12. The molecule has 1 heterocycles. The maximum Gasteiger partial charge on any atom is 0.319 e. The van der Waals surface area contributed by atoms with E-state index in [9.17, 15) is 4.79 Å². The molecule has 3 aromatic carbocycles. The Hall–Kier alpha value is -3.51. The molecule has 0 aliphatic carbocycles. The van der Waals surface area contributed by atoms with Crippen molar-refractivity contribution in [3.63, 3.8) is 0 Å². The quantitative estimate of drug-likeness (QED) is 0.175. The van der Waals surface area contributed by atoms with Gasteiger partial charge in [0.25, 0.3) is 0 Å². The minimum Gasteiger partial charge on any atom is -0.338 e. The van der Waals surface area contributed by atoms with E-state index in [1.807, 2.05) is 44.2 Å². The summed E-state index contributed by atoms with van der Waals surface area (Å²) < 4.78 is 2.32. The Bertz CT molecular complexity index is 1270. The highest BCUT2D eigenvalue weighted by atomic mass is 32.2. The maximum absolute atomic E-state index is 12.3. The summed E-state index contributed by atoms with van der Waals surface area (Å²) in [6.45, 7) is 7.68. The second-order valence-corrected chi connectivity index (χ2v) is 9.83. The number of amides is 2. The second kappa shape index (κ2) is 12.5. The Morgan fingerprint density at radius 2 is 1.50 bits per heavy atom. The molecule has 4 rings (SSSR count). The van der Waals surface area contributed by atoms with Crippen LogP contribution in [0.15, 0.2) is 84.0 Å². The fraction of sp³-hybridized carbons (Fsp3) is 0.267. The molecule has 0 aliphatic heterocycles. The number of anilines is 1. The van der Waals surface area contributed by atoms with Crippen molar-refractivity contribution in [2.24, 2.45) is 0 Å². The van der Waals surface area contributed by atoms with Gasteiger partial charge in [0, 0.05) is 35.7 Å². The van der Waals surface area contributed by atoms with Crippen LogP contribution >= 0.6 is 11.8 Å². The van der Waals surface area contributed by atoms with Crippen LogP contribution in [0.3, 0.4) is 0 Å². The van der Waals surface area contributed by atoms with Crippen LogP contribution in [0.5, 0.6) is 0 Å². The third-order valence-corrected chi connectivity index (χ3v) is 7.21. The highest BCUT2D eigenvalue weighted by Crippen LogP contribution is 2.36. The number of benzene rings is 3. The number of carbonyl (C=O) groups excluding carboxylic acids is 1. The fourth-order valence-corrected chi connectivity index (χ4v) is 5.35. The van der Waals surface area contributed by atoms with Crippen molar-refractivity contribution < 1.29 is 4.79 Å². The van der Waals surface area contributed by atoms with Gasteiger partial charge < -0.3 is 15.2 Å². The number of nitrogens with one attached hydrogen (secondary N) is 2. The van der Waals surface area contributed by atoms with Crippen LogP contribution in [0.4, 0.5) is 10.5 Å². The smallest absolute Gasteiger partial charge is 0.319 e. The van der Waals surface area contributed by atoms with Gasteiger partial charge in [-0.2, -0.15) is 0 Å². The molecule has 5 nitrogen and oxygen atoms in total. The number of thioether (sulfide) groups is 1. The van der Waals surface area contributed by atoms with Crippen LogP contribution < -0.4 is 10.6 Å². The van der Waals surface area contributed by atoms with Crippen molar-refractivity contribution in [3.05, 3.63) is 90.0 Å². The normalized spacial score (nSPS) is 10.9. The number of unbranched alkanes of at least 4 members (excludes halogenated alkanes) is 1. The summed E-state index contributed by atoms with van der Waals surface area (Å²) >= 11 is 1.78. The van der Waals surface area contributed by atoms with Gasteiger partial charge in [-0.15, -0.1) is 0 Å². The minimum absolute atomic E-state index is 0.151. The van der Waals surface area contributed by atoms with Crippen LogP contribution in [0.1, 0.15) is 30.9 Å². The number of carbonyl (C=O) groups is 1. The fourth-order valence-electron chi connectivity index (χ4n) is 4.28. The lowest BCUT2D eigenvalue weighted by atomic mass is 10.0. The first-order chi connectivity index (χ1) is 17.6. The molecule has 36 heavy (non-hydrogen) atoms. The van der Waals surface area contributed by atoms with E-state index < -0.39 is 0 Å². The molecule has 0 unspecified atom stereocenters. The predicted octanol–water partition coefficient (Wildman–Crippen LogP) is 7.55. The van der Waals surface area contributed by atoms with Gasteiger partial charge in [-0.3, -0.25) is 0 Å². The van der Waals surface area contributed by atoms with Gasteiger partial charge in [-0.05, 0) is 44.7 Å². The number of rotatable bonds is 10. The van der Waals surface area contributed by atoms with Crippen LogP contribution in [-0.2, 0) is 6.54 Å². The lowest BCUT2D eigenvalue weighted by molar-refractivity contribution is 0.252. The molecular formula is C30H34N4OS. The average molecular weight is 499 g/mol. The third kappa shape index (κ3) is 6.18. The summed E-state index contributed by atoms with van der Waals surface area (Å²) in [5, 5.41) is 7.00. The number of para-hydroxylation sites is 1. The summed E-state index contributed by atoms with van der Waals surface area (Å²) in [4.78, 5) is 17.4. The topological polar surface area (TPSA) is 59.0 Å². The summed E-state index contributed by atoms with van der Waals surface area (Å²) in [5.74, 6) is 0.944. The predicted molar refractivity (Wildman–Crippen MR) is 152 cm³/mol. The van der Waals surface area contributed by atoms with E-state index in [0.29, 0.717) is 6.54 Å². The molecule has 4 aromatic rings. The molecule has 2 amide bonds. The second-order valence-electron chi connectivity index (χ2n) is 8.77. The maximum atomic E-state index is 12.3. The molecule has 2 N–H and O–H groups in total. The summed E-state index contributed by atoms with van der Waals surface area (Å²) in [7, 11) is 0. The van der Waals surface area contributed by atoms with E-state index in [2.05, 4.69) is 70.7 Å². The Morgan fingerprint density at radius 1 is 0.861 bits per heavy atom. The highest BCUT2D eigenvalue weighted by Gasteiger charge is 2.19. The third-order valence-electron chi connectivity index (χ3n) is 6.15. The van der Waals surface area contributed by atoms with Gasteiger partial charge >= 0.3 is 6.03 Å². The lowest BCUT2D eigenvalue weighted by Crippen LogP contribution is -2.30. The number of nitrogens with zero attached hydrogens (tertiary/aromatic N) is 2. The molecule has 0 spiro atoms. The number of aromatic nitrogens is 2. The van der Waals surface area contributed by atoms with Gasteiger partial charge in [0.15, 0.2) is 5.16 Å². The standard InChI is InChI=1S/C30H34N4OS/c1-4-34-28(25-18-9-6-10-19-25)27(24-16-7-5-8-17-24)33-30(34)36-21-12-11-20-31-29(35)32-26-22(2)14-13-15-23(26)3/h5-10,13-19H,4,11-12,20-21H2,1-3H3,(H2,31,32,35). The van der Waals surface area contributed by atoms with E-state index in [-0.39, 0.29) is 6.03 Å². The SMILES string of the molecule is CCn1c(SCCCCNC(=O)Nc2c(C)cccc2C)nc(-c2ccccc2)c1-c1ccccc1. The van der Waals surface area contributed by atoms with Crippen LogP contribution in [0.2, 0.25) is 0 Å². The van der Waals surface area contributed by atoms with E-state index in [1.54, 1.807) is 11.8 Å². The van der Waals surface area contributed by atoms with E-state index in [0.717, 1.165) is 64.1 Å². The zero-order chi connectivity index (χ0) is 25.3. The van der Waals surface area contributed by atoms with Crippen molar-refractivity contribution in [1.29, 1.82) is 0 Å². The van der Waals surface area contributed by atoms with Gasteiger partial charge in [0.1, 0.15) is 0 Å². The monoisotopic (exact) mass is 498 g/mol. The molecule has 0 saturated carbocycles. The average Bonchev–Trinajstić information content (AvgIpc) is 3.28. The van der Waals surface area contributed by atoms with Crippen LogP contribution in [0.25, 0.3) is 22.5 Å². The van der Waals surface area contributed by atoms with Crippen LogP contribution in [0, 0.1) is 13.8 Å². The molecule has 1 aromatic heterocycles. The number of aryl methyl sites for hydroxylation is 2. The molecule has 0 bridgehead atoms. The largest absolute Gasteiger partial charge is 0.338 e. The van der Waals surface area contributed by atoms with Crippen molar-refractivity contribution in [1.82, 2.24) is 14.9 Å². The van der Waals surface area contributed by atoms with Gasteiger partial charge in [-0.1, -0.05) is 90.6 Å². The van der Waals surface area contributed by atoms with E-state index >= 15 is 0 Å². The highest BCUT2D eigenvalue weighted by molar-refractivity contribution is 7.99. The first-order valence-corrected chi connectivity index (χ1v) is 13.5. The molecule has 0 fully saturated rings. The van der Waals surface area contributed by atoms with Crippen molar-refractivity contribution in [3.8, 4) is 22.5 Å². The molecule has 6 heteroatoms. The first kappa shape index (κ1) is 25.6. The van der Waals surface area contributed by atoms with E-state index in [1.165, 1.54) is 5.56 Å². The molecule has 186 valence electrons. The van der Waals surface area contributed by atoms with Crippen LogP contribution in [-0.4, -0.2) is 27.9 Å². The van der Waals surface area contributed by atoms with Gasteiger partial charge in [0.2, 0.25) is 0 Å². The number of hydrogen-bond donors (Lipinski definition) is 2. The Balaban J connectivity index is 1.36. The zero-order valence-electron chi connectivity index (χ0n) is 21.3. The van der Waals surface area contributed by atoms with Crippen molar-refractivity contribution >= 4 is 23.5 Å². The number of urea groups is 1. The number of imidazole rings is 1. The van der Waals surface area contributed by atoms with Gasteiger partial charge in [0.05, 0.1) is 11.4 Å². The molecule has 0 radical (unpaired) electrons. The number of hydrogen-bond acceptors (Lipinski definition) is 3. The summed E-state index contributed by atoms with van der Waals surface area (Å²) in [5.41, 5.74) is 7.52. The summed E-state index contributed by atoms with van der Waals surface area (Å²) in [6, 6.07) is 26.8.